The lowest BCUT2D eigenvalue weighted by atomic mass is 9.99. The highest BCUT2D eigenvalue weighted by Gasteiger charge is 2.36. The van der Waals surface area contributed by atoms with Crippen LogP contribution in [0.2, 0.25) is 0 Å². The second kappa shape index (κ2) is 8.87. The van der Waals surface area contributed by atoms with Crippen molar-refractivity contribution in [3.63, 3.8) is 0 Å². The summed E-state index contributed by atoms with van der Waals surface area (Å²) in [7, 11) is 0. The summed E-state index contributed by atoms with van der Waals surface area (Å²) in [6.07, 6.45) is 6.16. The molecule has 4 rings (SSSR count). The molecule has 3 heterocycles. The predicted molar refractivity (Wildman–Crippen MR) is 114 cm³/mol. The van der Waals surface area contributed by atoms with E-state index in [2.05, 4.69) is 20.6 Å². The molecule has 2 saturated heterocycles. The molecule has 8 heteroatoms. The molecule has 2 aliphatic rings. The predicted octanol–water partition coefficient (Wildman–Crippen LogP) is 3.11. The standard InChI is InChI=1S/C22H29N5O3/c1-3-30-21(28)18-14-23-27(15(18)2)17-8-6-7-16(13-17)24-22(29)25-19-10-12-26-11-5-4-9-20(19)26/h6-8,13-14,19-20H,3-5,9-12H2,1-2H3,(H2,24,25,29)/t19-,20+/m0/s1. The lowest BCUT2D eigenvalue weighted by molar-refractivity contribution is 0.0525. The Kier molecular flexibility index (Phi) is 6.03. The molecule has 2 amide bonds. The van der Waals surface area contributed by atoms with Crippen molar-refractivity contribution >= 4 is 17.7 Å². The first-order chi connectivity index (χ1) is 14.6. The van der Waals surface area contributed by atoms with E-state index in [4.69, 9.17) is 4.74 Å². The molecule has 0 unspecified atom stereocenters. The molecule has 30 heavy (non-hydrogen) atoms. The molecule has 2 N–H and O–H groups in total. The SMILES string of the molecule is CCOC(=O)c1cnn(-c2cccc(NC(=O)N[C@H]3CCN4CCCC[C@H]34)c2)c1C. The second-order valence-corrected chi connectivity index (χ2v) is 7.92. The van der Waals surface area contributed by atoms with Gasteiger partial charge in [-0.25, -0.2) is 14.3 Å². The first-order valence-corrected chi connectivity index (χ1v) is 10.7. The molecule has 8 nitrogen and oxygen atoms in total. The Morgan fingerprint density at radius 2 is 2.10 bits per heavy atom. The van der Waals surface area contributed by atoms with Gasteiger partial charge in [-0.15, -0.1) is 0 Å². The van der Waals surface area contributed by atoms with Gasteiger partial charge in [-0.3, -0.25) is 4.90 Å². The maximum absolute atomic E-state index is 12.6. The highest BCUT2D eigenvalue weighted by Crippen LogP contribution is 2.27. The van der Waals surface area contributed by atoms with E-state index < -0.39 is 0 Å². The highest BCUT2D eigenvalue weighted by atomic mass is 16.5. The van der Waals surface area contributed by atoms with Gasteiger partial charge < -0.3 is 15.4 Å². The summed E-state index contributed by atoms with van der Waals surface area (Å²) in [5.41, 5.74) is 2.57. The molecule has 0 radical (unpaired) electrons. The van der Waals surface area contributed by atoms with E-state index in [1.807, 2.05) is 31.2 Å². The van der Waals surface area contributed by atoms with Crippen LogP contribution in [-0.4, -0.2) is 58.5 Å². The minimum absolute atomic E-state index is 0.186. The van der Waals surface area contributed by atoms with Crippen LogP contribution in [0.15, 0.2) is 30.5 Å². The van der Waals surface area contributed by atoms with E-state index in [1.165, 1.54) is 19.0 Å². The third-order valence-electron chi connectivity index (χ3n) is 6.03. The Bertz CT molecular complexity index is 925. The lowest BCUT2D eigenvalue weighted by Gasteiger charge is -2.32. The minimum Gasteiger partial charge on any atom is -0.462 e. The van der Waals surface area contributed by atoms with Gasteiger partial charge >= 0.3 is 12.0 Å². The minimum atomic E-state index is -0.386. The number of anilines is 1. The monoisotopic (exact) mass is 411 g/mol. The number of amides is 2. The van der Waals surface area contributed by atoms with Gasteiger partial charge in [0.15, 0.2) is 0 Å². The first kappa shape index (κ1) is 20.4. The van der Waals surface area contributed by atoms with Crippen molar-refractivity contribution in [1.82, 2.24) is 20.0 Å². The number of piperidine rings is 1. The lowest BCUT2D eigenvalue weighted by Crippen LogP contribution is -2.47. The molecule has 0 aliphatic carbocycles. The van der Waals surface area contributed by atoms with E-state index in [9.17, 15) is 9.59 Å². The number of nitrogens with one attached hydrogen (secondary N) is 2. The Morgan fingerprint density at radius 1 is 1.23 bits per heavy atom. The van der Waals surface area contributed by atoms with Crippen molar-refractivity contribution in [2.24, 2.45) is 0 Å². The zero-order valence-corrected chi connectivity index (χ0v) is 17.6. The average Bonchev–Trinajstić information content (AvgIpc) is 3.32. The third-order valence-corrected chi connectivity index (χ3v) is 6.03. The summed E-state index contributed by atoms with van der Waals surface area (Å²) < 4.78 is 6.75. The number of benzene rings is 1. The Hall–Kier alpha value is -2.87. The molecule has 2 atom stereocenters. The number of esters is 1. The zero-order chi connectivity index (χ0) is 21.1. The van der Waals surface area contributed by atoms with Crippen LogP contribution in [0.4, 0.5) is 10.5 Å². The second-order valence-electron chi connectivity index (χ2n) is 7.92. The fraction of sp³-hybridized carbons (Fsp3) is 0.500. The summed E-state index contributed by atoms with van der Waals surface area (Å²) in [5.74, 6) is -0.386. The van der Waals surface area contributed by atoms with Crippen molar-refractivity contribution in [2.45, 2.75) is 51.6 Å². The summed E-state index contributed by atoms with van der Waals surface area (Å²) in [6.45, 7) is 6.12. The van der Waals surface area contributed by atoms with Gasteiger partial charge in [-0.2, -0.15) is 5.10 Å². The number of nitrogens with zero attached hydrogens (tertiary/aromatic N) is 3. The topological polar surface area (TPSA) is 88.5 Å². The maximum Gasteiger partial charge on any atom is 0.341 e. The van der Waals surface area contributed by atoms with E-state index in [0.717, 1.165) is 31.6 Å². The number of hydrogen-bond acceptors (Lipinski definition) is 5. The van der Waals surface area contributed by atoms with Crippen molar-refractivity contribution in [3.05, 3.63) is 41.7 Å². The smallest absolute Gasteiger partial charge is 0.341 e. The molecule has 2 fully saturated rings. The molecule has 2 aromatic rings. The summed E-state index contributed by atoms with van der Waals surface area (Å²) in [4.78, 5) is 27.1. The highest BCUT2D eigenvalue weighted by molar-refractivity contribution is 5.91. The van der Waals surface area contributed by atoms with Gasteiger partial charge in [0.1, 0.15) is 5.56 Å². The fourth-order valence-corrected chi connectivity index (χ4v) is 4.55. The van der Waals surface area contributed by atoms with Crippen LogP contribution < -0.4 is 10.6 Å². The van der Waals surface area contributed by atoms with Crippen molar-refractivity contribution in [3.8, 4) is 5.69 Å². The summed E-state index contributed by atoms with van der Waals surface area (Å²) >= 11 is 0. The first-order valence-electron chi connectivity index (χ1n) is 10.7. The Labute approximate surface area is 176 Å². The quantitative estimate of drug-likeness (QED) is 0.738. The van der Waals surface area contributed by atoms with Gasteiger partial charge in [-0.1, -0.05) is 12.5 Å². The van der Waals surface area contributed by atoms with E-state index in [1.54, 1.807) is 11.6 Å². The zero-order valence-electron chi connectivity index (χ0n) is 17.6. The fourth-order valence-electron chi connectivity index (χ4n) is 4.55. The van der Waals surface area contributed by atoms with Crippen LogP contribution in [0, 0.1) is 6.92 Å². The van der Waals surface area contributed by atoms with Crippen molar-refractivity contribution in [2.75, 3.05) is 25.0 Å². The number of carbonyl (C=O) groups excluding carboxylic acids is 2. The molecule has 0 bridgehead atoms. The number of carbonyl (C=O) groups is 2. The van der Waals surface area contributed by atoms with Crippen LogP contribution in [-0.2, 0) is 4.74 Å². The molecule has 160 valence electrons. The number of hydrogen-bond donors (Lipinski definition) is 2. The van der Waals surface area contributed by atoms with E-state index in [0.29, 0.717) is 29.6 Å². The van der Waals surface area contributed by atoms with Crippen molar-refractivity contribution < 1.29 is 14.3 Å². The number of ether oxygens (including phenoxy) is 1. The van der Waals surface area contributed by atoms with Crippen LogP contribution in [0.5, 0.6) is 0 Å². The van der Waals surface area contributed by atoms with Crippen molar-refractivity contribution in [1.29, 1.82) is 0 Å². The number of aromatic nitrogens is 2. The van der Waals surface area contributed by atoms with E-state index >= 15 is 0 Å². The maximum atomic E-state index is 12.6. The van der Waals surface area contributed by atoms with Gasteiger partial charge in [-0.05, 0) is 57.9 Å². The Morgan fingerprint density at radius 3 is 2.93 bits per heavy atom. The normalized spacial score (nSPS) is 21.1. The van der Waals surface area contributed by atoms with Gasteiger partial charge in [0.2, 0.25) is 0 Å². The number of fused-ring (bicyclic) bond motifs is 1. The van der Waals surface area contributed by atoms with Crippen LogP contribution >= 0.6 is 0 Å². The largest absolute Gasteiger partial charge is 0.462 e. The Balaban J connectivity index is 1.43. The molecule has 0 saturated carbocycles. The third kappa shape index (κ3) is 4.18. The number of urea groups is 1. The molecule has 1 aromatic carbocycles. The molecule has 2 aliphatic heterocycles. The summed E-state index contributed by atoms with van der Waals surface area (Å²) in [5, 5.41) is 10.4. The molecule has 1 aromatic heterocycles. The number of rotatable bonds is 5. The van der Waals surface area contributed by atoms with E-state index in [-0.39, 0.29) is 18.0 Å². The molecule has 0 spiro atoms. The van der Waals surface area contributed by atoms with Crippen LogP contribution in [0.3, 0.4) is 0 Å². The molecular weight excluding hydrogens is 382 g/mol. The van der Waals surface area contributed by atoms with Gasteiger partial charge in [0.05, 0.1) is 24.2 Å². The van der Waals surface area contributed by atoms with Crippen LogP contribution in [0.1, 0.15) is 48.7 Å². The average molecular weight is 412 g/mol. The summed E-state index contributed by atoms with van der Waals surface area (Å²) in [6, 6.07) is 7.90. The van der Waals surface area contributed by atoms with Gasteiger partial charge in [0, 0.05) is 24.3 Å². The van der Waals surface area contributed by atoms with Crippen LogP contribution in [0.25, 0.3) is 5.69 Å². The van der Waals surface area contributed by atoms with Gasteiger partial charge in [0.25, 0.3) is 0 Å². The molecular formula is C22H29N5O3.